The van der Waals surface area contributed by atoms with Gasteiger partial charge in [-0.25, -0.2) is 0 Å². The van der Waals surface area contributed by atoms with Gasteiger partial charge in [-0.15, -0.1) is 0 Å². The molecule has 100 valence electrons. The number of aliphatic carboxylic acids is 1. The van der Waals surface area contributed by atoms with Gasteiger partial charge in [-0.3, -0.25) is 9.69 Å². The van der Waals surface area contributed by atoms with E-state index >= 15 is 0 Å². The lowest BCUT2D eigenvalue weighted by molar-refractivity contribution is -0.149. The highest BCUT2D eigenvalue weighted by molar-refractivity contribution is 5.78. The van der Waals surface area contributed by atoms with Gasteiger partial charge in [0.2, 0.25) is 0 Å². The van der Waals surface area contributed by atoms with Gasteiger partial charge in [-0.2, -0.15) is 0 Å². The first-order valence-electron chi connectivity index (χ1n) is 6.43. The molecule has 1 saturated heterocycles. The van der Waals surface area contributed by atoms with E-state index in [9.17, 15) is 9.90 Å². The first-order valence-corrected chi connectivity index (χ1v) is 6.43. The Morgan fingerprint density at radius 2 is 2.22 bits per heavy atom. The van der Waals surface area contributed by atoms with Gasteiger partial charge in [0.05, 0.1) is 0 Å². The third kappa shape index (κ3) is 1.94. The number of carboxylic acids is 1. The summed E-state index contributed by atoms with van der Waals surface area (Å²) < 4.78 is 5.55. The van der Waals surface area contributed by atoms with Crippen molar-refractivity contribution in [2.24, 2.45) is 0 Å². The largest absolute Gasteiger partial charge is 0.480 e. The van der Waals surface area contributed by atoms with Gasteiger partial charge >= 0.3 is 5.97 Å². The van der Waals surface area contributed by atoms with Crippen LogP contribution in [0.4, 0.5) is 0 Å². The second-order valence-electron chi connectivity index (χ2n) is 5.42. The highest BCUT2D eigenvalue weighted by Gasteiger charge is 2.46. The van der Waals surface area contributed by atoms with Crippen LogP contribution in [0, 0.1) is 13.8 Å². The summed E-state index contributed by atoms with van der Waals surface area (Å²) in [7, 11) is 0. The summed E-state index contributed by atoms with van der Waals surface area (Å²) >= 11 is 0. The summed E-state index contributed by atoms with van der Waals surface area (Å²) in [6, 6.07) is 2.09. The van der Waals surface area contributed by atoms with Crippen LogP contribution in [0.3, 0.4) is 0 Å². The van der Waals surface area contributed by atoms with Crippen LogP contribution in [0.2, 0.25) is 0 Å². The number of furan rings is 1. The molecule has 1 N–H and O–H groups in total. The number of carboxylic acid groups (broad SMARTS) is 1. The summed E-state index contributed by atoms with van der Waals surface area (Å²) in [5.41, 5.74) is 0.346. The Balaban J connectivity index is 2.31. The van der Waals surface area contributed by atoms with E-state index in [0.717, 1.165) is 30.0 Å². The number of rotatable bonds is 3. The molecule has 2 rings (SSSR count). The summed E-state index contributed by atoms with van der Waals surface area (Å²) in [5.74, 6) is 1.04. The average Bonchev–Trinajstić information content (AvgIpc) is 2.82. The van der Waals surface area contributed by atoms with Crippen molar-refractivity contribution in [3.8, 4) is 0 Å². The second kappa shape index (κ2) is 4.43. The Morgan fingerprint density at radius 1 is 1.56 bits per heavy atom. The van der Waals surface area contributed by atoms with Crippen molar-refractivity contribution in [2.75, 3.05) is 6.54 Å². The lowest BCUT2D eigenvalue weighted by atomic mass is 9.96. The zero-order chi connectivity index (χ0) is 13.5. The van der Waals surface area contributed by atoms with E-state index in [1.807, 2.05) is 26.8 Å². The minimum atomic E-state index is -0.753. The van der Waals surface area contributed by atoms with Crippen molar-refractivity contribution in [1.82, 2.24) is 4.90 Å². The van der Waals surface area contributed by atoms with E-state index in [1.54, 1.807) is 0 Å². The predicted molar refractivity (Wildman–Crippen MR) is 68.6 cm³/mol. The standard InChI is InChI=1S/C14H21NO3/c1-9-8-12(11(3)18-9)10(2)15-7-5-6-14(15,4)13(16)17/h8,10H,5-7H2,1-4H3,(H,16,17). The molecular formula is C14H21NO3. The third-order valence-corrected chi connectivity index (χ3v) is 4.15. The fourth-order valence-electron chi connectivity index (χ4n) is 3.07. The lowest BCUT2D eigenvalue weighted by Crippen LogP contribution is -2.48. The van der Waals surface area contributed by atoms with E-state index in [-0.39, 0.29) is 6.04 Å². The molecule has 0 amide bonds. The number of likely N-dealkylation sites (tertiary alicyclic amines) is 1. The molecule has 2 heterocycles. The second-order valence-corrected chi connectivity index (χ2v) is 5.42. The van der Waals surface area contributed by atoms with Crippen molar-refractivity contribution in [2.45, 2.75) is 52.1 Å². The highest BCUT2D eigenvalue weighted by Crippen LogP contribution is 2.38. The number of aryl methyl sites for hydroxylation is 2. The van der Waals surface area contributed by atoms with Crippen LogP contribution >= 0.6 is 0 Å². The van der Waals surface area contributed by atoms with E-state index in [1.165, 1.54) is 0 Å². The monoisotopic (exact) mass is 251 g/mol. The van der Waals surface area contributed by atoms with Crippen LogP contribution in [0.5, 0.6) is 0 Å². The summed E-state index contributed by atoms with van der Waals surface area (Å²) in [5, 5.41) is 9.45. The minimum Gasteiger partial charge on any atom is -0.480 e. The molecule has 2 atom stereocenters. The van der Waals surface area contributed by atoms with Crippen molar-refractivity contribution < 1.29 is 14.3 Å². The van der Waals surface area contributed by atoms with Crippen LogP contribution in [-0.2, 0) is 4.79 Å². The lowest BCUT2D eigenvalue weighted by Gasteiger charge is -2.36. The maximum absolute atomic E-state index is 11.5. The first kappa shape index (κ1) is 13.1. The van der Waals surface area contributed by atoms with Crippen LogP contribution in [0.15, 0.2) is 10.5 Å². The van der Waals surface area contributed by atoms with Crippen molar-refractivity contribution >= 4 is 5.97 Å². The molecule has 1 aliphatic rings. The quantitative estimate of drug-likeness (QED) is 0.897. The van der Waals surface area contributed by atoms with Crippen LogP contribution < -0.4 is 0 Å². The Kier molecular flexibility index (Phi) is 3.23. The van der Waals surface area contributed by atoms with Gasteiger partial charge in [0.25, 0.3) is 0 Å². The molecule has 1 aromatic heterocycles. The summed E-state index contributed by atoms with van der Waals surface area (Å²) in [4.78, 5) is 13.6. The molecule has 0 radical (unpaired) electrons. The Bertz CT molecular complexity index is 466. The Hall–Kier alpha value is -1.29. The number of carbonyl (C=O) groups is 1. The van der Waals surface area contributed by atoms with E-state index in [0.29, 0.717) is 6.42 Å². The van der Waals surface area contributed by atoms with Crippen LogP contribution in [-0.4, -0.2) is 28.1 Å². The van der Waals surface area contributed by atoms with Crippen molar-refractivity contribution in [3.05, 3.63) is 23.2 Å². The molecule has 4 heteroatoms. The molecule has 2 unspecified atom stereocenters. The van der Waals surface area contributed by atoms with Gasteiger partial charge in [-0.1, -0.05) is 0 Å². The molecule has 0 aliphatic carbocycles. The van der Waals surface area contributed by atoms with Gasteiger partial charge in [0, 0.05) is 11.6 Å². The van der Waals surface area contributed by atoms with Gasteiger partial charge in [-0.05, 0) is 53.1 Å². The smallest absolute Gasteiger partial charge is 0.323 e. The van der Waals surface area contributed by atoms with Crippen LogP contribution in [0.25, 0.3) is 0 Å². The van der Waals surface area contributed by atoms with E-state index in [4.69, 9.17) is 4.42 Å². The molecule has 18 heavy (non-hydrogen) atoms. The third-order valence-electron chi connectivity index (χ3n) is 4.15. The normalized spacial score (nSPS) is 26.4. The maximum atomic E-state index is 11.5. The Morgan fingerprint density at radius 3 is 2.72 bits per heavy atom. The molecule has 1 fully saturated rings. The zero-order valence-corrected chi connectivity index (χ0v) is 11.5. The van der Waals surface area contributed by atoms with Gasteiger partial charge in [0.15, 0.2) is 0 Å². The SMILES string of the molecule is Cc1cc(C(C)N2CCCC2(C)C(=O)O)c(C)o1. The number of hydrogen-bond donors (Lipinski definition) is 1. The molecule has 1 aromatic rings. The topological polar surface area (TPSA) is 53.7 Å². The molecule has 4 nitrogen and oxygen atoms in total. The first-order chi connectivity index (χ1) is 8.36. The van der Waals surface area contributed by atoms with Gasteiger partial charge in [0.1, 0.15) is 17.1 Å². The molecule has 0 bridgehead atoms. The zero-order valence-electron chi connectivity index (χ0n) is 11.5. The maximum Gasteiger partial charge on any atom is 0.323 e. The highest BCUT2D eigenvalue weighted by atomic mass is 16.4. The molecule has 0 aromatic carbocycles. The summed E-state index contributed by atoms with van der Waals surface area (Å²) in [6.45, 7) is 8.56. The Labute approximate surface area is 108 Å². The fraction of sp³-hybridized carbons (Fsp3) is 0.643. The van der Waals surface area contributed by atoms with E-state index in [2.05, 4.69) is 11.8 Å². The van der Waals surface area contributed by atoms with Crippen molar-refractivity contribution in [1.29, 1.82) is 0 Å². The molecular weight excluding hydrogens is 230 g/mol. The number of hydrogen-bond acceptors (Lipinski definition) is 3. The van der Waals surface area contributed by atoms with Crippen LogP contribution in [0.1, 0.15) is 49.8 Å². The fourth-order valence-corrected chi connectivity index (χ4v) is 3.07. The minimum absolute atomic E-state index is 0.0750. The van der Waals surface area contributed by atoms with E-state index < -0.39 is 11.5 Å². The van der Waals surface area contributed by atoms with Gasteiger partial charge < -0.3 is 9.52 Å². The van der Waals surface area contributed by atoms with Crippen molar-refractivity contribution in [3.63, 3.8) is 0 Å². The predicted octanol–water partition coefficient (Wildman–Crippen LogP) is 2.90. The number of nitrogens with zero attached hydrogens (tertiary/aromatic N) is 1. The summed E-state index contributed by atoms with van der Waals surface area (Å²) in [6.07, 6.45) is 1.64. The molecule has 0 saturated carbocycles. The average molecular weight is 251 g/mol. The molecule has 1 aliphatic heterocycles. The molecule has 0 spiro atoms.